The van der Waals surface area contributed by atoms with Gasteiger partial charge < -0.3 is 14.8 Å². The maximum atomic E-state index is 12.3. The van der Waals surface area contributed by atoms with Crippen molar-refractivity contribution in [3.8, 4) is 11.8 Å². The normalized spacial score (nSPS) is 13.9. The smallest absolute Gasteiger partial charge is 0.342 e. The summed E-state index contributed by atoms with van der Waals surface area (Å²) in [6.45, 7) is 6.45. The van der Waals surface area contributed by atoms with E-state index < -0.39 is 28.4 Å². The predicted molar refractivity (Wildman–Crippen MR) is 91.5 cm³/mol. The van der Waals surface area contributed by atoms with E-state index in [0.717, 1.165) is 6.07 Å². The summed E-state index contributed by atoms with van der Waals surface area (Å²) < 4.78 is 10.1. The van der Waals surface area contributed by atoms with E-state index in [1.165, 1.54) is 26.2 Å². The van der Waals surface area contributed by atoms with E-state index in [0.29, 0.717) is 0 Å². The Hall–Kier alpha value is -3.15. The van der Waals surface area contributed by atoms with Crippen LogP contribution in [-0.2, 0) is 9.53 Å². The molecule has 1 amide bonds. The largest absolute Gasteiger partial charge is 0.496 e. The third kappa shape index (κ3) is 4.69. The lowest BCUT2D eigenvalue weighted by Gasteiger charge is -2.28. The van der Waals surface area contributed by atoms with Crippen LogP contribution in [0.3, 0.4) is 0 Å². The molecule has 0 heterocycles. The summed E-state index contributed by atoms with van der Waals surface area (Å²) in [6, 6.07) is 5.49. The molecule has 0 fully saturated rings. The number of nitrogens with zero attached hydrogens (tertiary/aromatic N) is 2. The summed E-state index contributed by atoms with van der Waals surface area (Å²) in [6.07, 6.45) is -1.21. The Balaban J connectivity index is 2.97. The molecule has 1 N–H and O–H groups in total. The molecular weight excluding hydrogens is 342 g/mol. The molecule has 1 rings (SSSR count). The van der Waals surface area contributed by atoms with Crippen LogP contribution in [0.15, 0.2) is 18.2 Å². The van der Waals surface area contributed by atoms with Crippen molar-refractivity contribution in [2.24, 2.45) is 5.92 Å². The van der Waals surface area contributed by atoms with Crippen LogP contribution in [-0.4, -0.2) is 35.6 Å². The van der Waals surface area contributed by atoms with Crippen molar-refractivity contribution in [1.82, 2.24) is 5.32 Å². The zero-order chi connectivity index (χ0) is 20.1. The first-order valence-electron chi connectivity index (χ1n) is 7.82. The minimum atomic E-state index is -1.21. The van der Waals surface area contributed by atoms with Crippen LogP contribution in [0.4, 0.5) is 5.69 Å². The highest BCUT2D eigenvalue weighted by Gasteiger charge is 2.33. The van der Waals surface area contributed by atoms with Crippen LogP contribution in [0.2, 0.25) is 0 Å². The fourth-order valence-electron chi connectivity index (χ4n) is 1.91. The number of esters is 1. The molecule has 2 atom stereocenters. The van der Waals surface area contributed by atoms with Crippen molar-refractivity contribution < 1.29 is 24.0 Å². The first-order chi connectivity index (χ1) is 12.1. The molecular formula is C17H21N3O6. The zero-order valence-corrected chi connectivity index (χ0v) is 15.2. The SMILES string of the molecule is COc1ccc([N+](=O)[O-])cc1C(=O)OC(C)C(=O)NC(C)(C#N)C(C)C. The van der Waals surface area contributed by atoms with Gasteiger partial charge in [-0.3, -0.25) is 14.9 Å². The maximum Gasteiger partial charge on any atom is 0.342 e. The minimum absolute atomic E-state index is 0.0808. The van der Waals surface area contributed by atoms with Crippen LogP contribution in [0, 0.1) is 27.4 Å². The molecule has 1 aromatic rings. The number of nitriles is 1. The monoisotopic (exact) mass is 363 g/mol. The first-order valence-corrected chi connectivity index (χ1v) is 7.82. The van der Waals surface area contributed by atoms with E-state index in [2.05, 4.69) is 5.32 Å². The summed E-state index contributed by atoms with van der Waals surface area (Å²) in [4.78, 5) is 34.8. The zero-order valence-electron chi connectivity index (χ0n) is 15.2. The van der Waals surface area contributed by atoms with Gasteiger partial charge in [0.1, 0.15) is 16.9 Å². The number of hydrogen-bond donors (Lipinski definition) is 1. The van der Waals surface area contributed by atoms with Gasteiger partial charge in [-0.15, -0.1) is 0 Å². The topological polar surface area (TPSA) is 132 Å². The second kappa shape index (κ2) is 8.29. The van der Waals surface area contributed by atoms with Gasteiger partial charge >= 0.3 is 5.97 Å². The molecule has 0 saturated carbocycles. The van der Waals surface area contributed by atoms with E-state index >= 15 is 0 Å². The minimum Gasteiger partial charge on any atom is -0.496 e. The van der Waals surface area contributed by atoms with Gasteiger partial charge in [0, 0.05) is 12.1 Å². The molecule has 0 bridgehead atoms. The molecule has 1 aromatic carbocycles. The number of nitrogens with one attached hydrogen (secondary N) is 1. The van der Waals surface area contributed by atoms with Crippen LogP contribution in [0.5, 0.6) is 5.75 Å². The number of carbonyl (C=O) groups excluding carboxylic acids is 2. The second-order valence-corrected chi connectivity index (χ2v) is 6.15. The Kier molecular flexibility index (Phi) is 6.66. The van der Waals surface area contributed by atoms with Gasteiger partial charge in [-0.05, 0) is 25.8 Å². The number of amides is 1. The Morgan fingerprint density at radius 3 is 2.42 bits per heavy atom. The Labute approximate surface area is 151 Å². The van der Waals surface area contributed by atoms with Gasteiger partial charge in [0.25, 0.3) is 11.6 Å². The molecule has 9 heteroatoms. The third-order valence-electron chi connectivity index (χ3n) is 4.04. The number of nitro groups is 1. The van der Waals surface area contributed by atoms with Crippen LogP contribution >= 0.6 is 0 Å². The highest BCUT2D eigenvalue weighted by Crippen LogP contribution is 2.25. The Bertz CT molecular complexity index is 755. The lowest BCUT2D eigenvalue weighted by atomic mass is 9.90. The lowest BCUT2D eigenvalue weighted by Crippen LogP contribution is -2.52. The average Bonchev–Trinajstić information content (AvgIpc) is 2.60. The summed E-state index contributed by atoms with van der Waals surface area (Å²) in [5.74, 6) is -1.69. The fraction of sp³-hybridized carbons (Fsp3) is 0.471. The van der Waals surface area contributed by atoms with E-state index in [-0.39, 0.29) is 22.9 Å². The van der Waals surface area contributed by atoms with Gasteiger partial charge in [-0.25, -0.2) is 4.79 Å². The van der Waals surface area contributed by atoms with E-state index in [4.69, 9.17) is 9.47 Å². The highest BCUT2D eigenvalue weighted by atomic mass is 16.6. The van der Waals surface area contributed by atoms with E-state index in [9.17, 15) is 25.0 Å². The number of rotatable bonds is 7. The van der Waals surface area contributed by atoms with Gasteiger partial charge in [0.05, 0.1) is 18.1 Å². The number of benzene rings is 1. The molecule has 0 saturated heterocycles. The lowest BCUT2D eigenvalue weighted by molar-refractivity contribution is -0.384. The molecule has 140 valence electrons. The van der Waals surface area contributed by atoms with Crippen LogP contribution in [0.1, 0.15) is 38.1 Å². The Morgan fingerprint density at radius 2 is 1.96 bits per heavy atom. The molecule has 0 aliphatic carbocycles. The summed E-state index contributed by atoms with van der Waals surface area (Å²) in [7, 11) is 1.30. The summed E-state index contributed by atoms with van der Waals surface area (Å²) >= 11 is 0. The van der Waals surface area contributed by atoms with E-state index in [1.54, 1.807) is 20.8 Å². The van der Waals surface area contributed by atoms with Crippen molar-refractivity contribution in [3.63, 3.8) is 0 Å². The van der Waals surface area contributed by atoms with Gasteiger partial charge in [-0.2, -0.15) is 5.26 Å². The van der Waals surface area contributed by atoms with Gasteiger partial charge in [0.15, 0.2) is 6.10 Å². The van der Waals surface area contributed by atoms with Crippen molar-refractivity contribution >= 4 is 17.6 Å². The molecule has 0 aliphatic heterocycles. The number of ether oxygens (including phenoxy) is 2. The molecule has 0 aromatic heterocycles. The number of non-ortho nitro benzene ring substituents is 1. The van der Waals surface area contributed by atoms with Crippen LogP contribution in [0.25, 0.3) is 0 Å². The standard InChI is InChI=1S/C17H21N3O6/c1-10(2)17(4,9-18)19-15(21)11(3)26-16(22)13-8-12(20(23)24)6-7-14(13)25-5/h6-8,10-11H,1-5H3,(H,19,21). The van der Waals surface area contributed by atoms with Gasteiger partial charge in [-0.1, -0.05) is 13.8 Å². The molecule has 26 heavy (non-hydrogen) atoms. The Morgan fingerprint density at radius 1 is 1.35 bits per heavy atom. The average molecular weight is 363 g/mol. The van der Waals surface area contributed by atoms with Crippen molar-refractivity contribution in [1.29, 1.82) is 5.26 Å². The van der Waals surface area contributed by atoms with Crippen molar-refractivity contribution in [2.45, 2.75) is 39.3 Å². The highest BCUT2D eigenvalue weighted by molar-refractivity contribution is 5.95. The first kappa shape index (κ1) is 20.9. The summed E-state index contributed by atoms with van der Waals surface area (Å²) in [5.41, 5.74) is -1.61. The number of hydrogen-bond acceptors (Lipinski definition) is 7. The predicted octanol–water partition coefficient (Wildman–Crippen LogP) is 2.20. The molecule has 9 nitrogen and oxygen atoms in total. The molecule has 0 radical (unpaired) electrons. The fourth-order valence-corrected chi connectivity index (χ4v) is 1.91. The molecule has 0 spiro atoms. The maximum absolute atomic E-state index is 12.3. The van der Waals surface area contributed by atoms with Crippen molar-refractivity contribution in [3.05, 3.63) is 33.9 Å². The number of methoxy groups -OCH3 is 1. The number of carbonyl (C=O) groups is 2. The van der Waals surface area contributed by atoms with Crippen molar-refractivity contribution in [2.75, 3.05) is 7.11 Å². The van der Waals surface area contributed by atoms with Crippen LogP contribution < -0.4 is 10.1 Å². The third-order valence-corrected chi connectivity index (χ3v) is 4.04. The van der Waals surface area contributed by atoms with E-state index in [1.807, 2.05) is 6.07 Å². The summed E-state index contributed by atoms with van der Waals surface area (Å²) in [5, 5.41) is 22.7. The number of nitro benzene ring substituents is 1. The quantitative estimate of drug-likeness (QED) is 0.446. The second-order valence-electron chi connectivity index (χ2n) is 6.15. The van der Waals surface area contributed by atoms with Gasteiger partial charge in [0.2, 0.25) is 0 Å². The molecule has 2 unspecified atom stereocenters. The molecule has 0 aliphatic rings.